The summed E-state index contributed by atoms with van der Waals surface area (Å²) in [5.74, 6) is 0.696. The molecular formula is C14H29NO3. The first-order chi connectivity index (χ1) is 8.76. The fourth-order valence-corrected chi connectivity index (χ4v) is 2.40. The Morgan fingerprint density at radius 3 is 2.56 bits per heavy atom. The molecule has 4 heteroatoms. The van der Waals surface area contributed by atoms with Crippen LogP contribution in [-0.2, 0) is 14.2 Å². The standard InChI is InChI=1S/C14H29NO3/c1-4-17-14(18-5-2)8-9-15(3)11-13-7-6-10-16-12-13/h13-14H,4-12H2,1-3H3. The highest BCUT2D eigenvalue weighted by atomic mass is 16.7. The van der Waals surface area contributed by atoms with E-state index in [0.29, 0.717) is 19.1 Å². The summed E-state index contributed by atoms with van der Waals surface area (Å²) in [6.45, 7) is 9.44. The van der Waals surface area contributed by atoms with Crippen LogP contribution in [0.1, 0.15) is 33.1 Å². The van der Waals surface area contributed by atoms with Gasteiger partial charge in [0.1, 0.15) is 0 Å². The van der Waals surface area contributed by atoms with Gasteiger partial charge in [-0.3, -0.25) is 0 Å². The van der Waals surface area contributed by atoms with E-state index in [1.807, 2.05) is 13.8 Å². The summed E-state index contributed by atoms with van der Waals surface area (Å²) in [6.07, 6.45) is 3.39. The molecule has 18 heavy (non-hydrogen) atoms. The van der Waals surface area contributed by atoms with Crippen molar-refractivity contribution in [1.82, 2.24) is 4.90 Å². The van der Waals surface area contributed by atoms with Crippen molar-refractivity contribution in [3.8, 4) is 0 Å². The van der Waals surface area contributed by atoms with E-state index < -0.39 is 0 Å². The van der Waals surface area contributed by atoms with E-state index in [2.05, 4.69) is 11.9 Å². The molecule has 1 aliphatic heterocycles. The lowest BCUT2D eigenvalue weighted by Gasteiger charge is -2.28. The Labute approximate surface area is 112 Å². The molecule has 108 valence electrons. The van der Waals surface area contributed by atoms with Gasteiger partial charge in [-0.05, 0) is 39.7 Å². The van der Waals surface area contributed by atoms with Crippen molar-refractivity contribution in [2.45, 2.75) is 39.4 Å². The molecule has 0 bridgehead atoms. The van der Waals surface area contributed by atoms with Crippen LogP contribution in [0.4, 0.5) is 0 Å². The molecule has 1 rings (SSSR count). The van der Waals surface area contributed by atoms with Crippen LogP contribution in [0.25, 0.3) is 0 Å². The van der Waals surface area contributed by atoms with Gasteiger partial charge in [-0.1, -0.05) is 0 Å². The Bertz CT molecular complexity index is 189. The van der Waals surface area contributed by atoms with Crippen molar-refractivity contribution in [1.29, 1.82) is 0 Å². The van der Waals surface area contributed by atoms with E-state index in [1.54, 1.807) is 0 Å². The van der Waals surface area contributed by atoms with Gasteiger partial charge in [-0.15, -0.1) is 0 Å². The van der Waals surface area contributed by atoms with Gasteiger partial charge >= 0.3 is 0 Å². The summed E-state index contributed by atoms with van der Waals surface area (Å²) < 4.78 is 16.6. The van der Waals surface area contributed by atoms with E-state index in [0.717, 1.165) is 32.7 Å². The molecule has 1 unspecified atom stereocenters. The first-order valence-corrected chi connectivity index (χ1v) is 7.25. The summed E-state index contributed by atoms with van der Waals surface area (Å²) >= 11 is 0. The number of hydrogen-bond donors (Lipinski definition) is 0. The van der Waals surface area contributed by atoms with Crippen LogP contribution in [0.15, 0.2) is 0 Å². The zero-order valence-corrected chi connectivity index (χ0v) is 12.2. The third-order valence-electron chi connectivity index (χ3n) is 3.28. The van der Waals surface area contributed by atoms with Crippen molar-refractivity contribution in [2.75, 3.05) is 46.6 Å². The van der Waals surface area contributed by atoms with Crippen LogP contribution < -0.4 is 0 Å². The lowest BCUT2D eigenvalue weighted by molar-refractivity contribution is -0.141. The summed E-state index contributed by atoms with van der Waals surface area (Å²) in [5, 5.41) is 0. The summed E-state index contributed by atoms with van der Waals surface area (Å²) in [7, 11) is 2.17. The van der Waals surface area contributed by atoms with Gasteiger partial charge in [0.25, 0.3) is 0 Å². The molecule has 0 N–H and O–H groups in total. The Hall–Kier alpha value is -0.160. The third-order valence-corrected chi connectivity index (χ3v) is 3.28. The SMILES string of the molecule is CCOC(CCN(C)CC1CCCOC1)OCC. The summed E-state index contributed by atoms with van der Waals surface area (Å²) in [5.41, 5.74) is 0. The first kappa shape index (κ1) is 15.9. The minimum absolute atomic E-state index is 0.0509. The summed E-state index contributed by atoms with van der Waals surface area (Å²) in [6, 6.07) is 0. The molecule has 1 aliphatic rings. The topological polar surface area (TPSA) is 30.9 Å². The molecular weight excluding hydrogens is 230 g/mol. The Kier molecular flexibility index (Phi) is 8.59. The molecule has 0 radical (unpaired) electrons. The highest BCUT2D eigenvalue weighted by Crippen LogP contribution is 2.14. The van der Waals surface area contributed by atoms with Crippen LogP contribution in [-0.4, -0.2) is 57.8 Å². The molecule has 0 spiro atoms. The molecule has 0 amide bonds. The van der Waals surface area contributed by atoms with Crippen molar-refractivity contribution >= 4 is 0 Å². The molecule has 1 saturated heterocycles. The molecule has 1 atom stereocenters. The maximum absolute atomic E-state index is 5.55. The lowest BCUT2D eigenvalue weighted by Crippen LogP contribution is -2.33. The second kappa shape index (κ2) is 9.73. The van der Waals surface area contributed by atoms with E-state index in [1.165, 1.54) is 12.8 Å². The van der Waals surface area contributed by atoms with Crippen molar-refractivity contribution in [3.63, 3.8) is 0 Å². The van der Waals surface area contributed by atoms with Gasteiger partial charge in [0.05, 0.1) is 6.61 Å². The zero-order valence-electron chi connectivity index (χ0n) is 12.2. The zero-order chi connectivity index (χ0) is 13.2. The highest BCUT2D eigenvalue weighted by molar-refractivity contribution is 4.67. The minimum atomic E-state index is -0.0509. The third kappa shape index (κ3) is 6.69. The molecule has 1 fully saturated rings. The maximum atomic E-state index is 5.55. The molecule has 0 saturated carbocycles. The predicted octanol–water partition coefficient (Wildman–Crippen LogP) is 2.13. The van der Waals surface area contributed by atoms with E-state index in [4.69, 9.17) is 14.2 Å². The average Bonchev–Trinajstić information content (AvgIpc) is 2.38. The second-order valence-electron chi connectivity index (χ2n) is 4.97. The lowest BCUT2D eigenvalue weighted by atomic mass is 10.0. The molecule has 0 aliphatic carbocycles. The van der Waals surface area contributed by atoms with Gasteiger partial charge in [-0.2, -0.15) is 0 Å². The summed E-state index contributed by atoms with van der Waals surface area (Å²) in [4.78, 5) is 2.37. The van der Waals surface area contributed by atoms with Gasteiger partial charge in [-0.25, -0.2) is 0 Å². The van der Waals surface area contributed by atoms with Crippen LogP contribution >= 0.6 is 0 Å². The Morgan fingerprint density at radius 1 is 1.28 bits per heavy atom. The van der Waals surface area contributed by atoms with Gasteiger partial charge in [0, 0.05) is 39.3 Å². The average molecular weight is 259 g/mol. The van der Waals surface area contributed by atoms with E-state index in [-0.39, 0.29) is 6.29 Å². The molecule has 4 nitrogen and oxygen atoms in total. The minimum Gasteiger partial charge on any atom is -0.381 e. The van der Waals surface area contributed by atoms with E-state index in [9.17, 15) is 0 Å². The monoisotopic (exact) mass is 259 g/mol. The number of nitrogens with zero attached hydrogens (tertiary/aromatic N) is 1. The Morgan fingerprint density at radius 2 is 2.00 bits per heavy atom. The van der Waals surface area contributed by atoms with Gasteiger partial charge in [0.2, 0.25) is 0 Å². The molecule has 0 aromatic rings. The quantitative estimate of drug-likeness (QED) is 0.594. The smallest absolute Gasteiger partial charge is 0.158 e. The number of ether oxygens (including phenoxy) is 3. The predicted molar refractivity (Wildman–Crippen MR) is 72.7 cm³/mol. The molecule has 1 heterocycles. The van der Waals surface area contributed by atoms with Gasteiger partial charge < -0.3 is 19.1 Å². The van der Waals surface area contributed by atoms with Crippen LogP contribution in [0, 0.1) is 5.92 Å². The molecule has 0 aromatic heterocycles. The fourth-order valence-electron chi connectivity index (χ4n) is 2.40. The first-order valence-electron chi connectivity index (χ1n) is 7.25. The van der Waals surface area contributed by atoms with Crippen LogP contribution in [0.3, 0.4) is 0 Å². The molecule has 0 aromatic carbocycles. The number of rotatable bonds is 9. The Balaban J connectivity index is 2.15. The second-order valence-corrected chi connectivity index (χ2v) is 4.97. The maximum Gasteiger partial charge on any atom is 0.158 e. The van der Waals surface area contributed by atoms with Crippen LogP contribution in [0.2, 0.25) is 0 Å². The van der Waals surface area contributed by atoms with Crippen molar-refractivity contribution in [3.05, 3.63) is 0 Å². The van der Waals surface area contributed by atoms with Crippen molar-refractivity contribution in [2.24, 2.45) is 5.92 Å². The normalized spacial score (nSPS) is 20.8. The number of hydrogen-bond acceptors (Lipinski definition) is 4. The van der Waals surface area contributed by atoms with Crippen LogP contribution in [0.5, 0.6) is 0 Å². The fraction of sp³-hybridized carbons (Fsp3) is 1.00. The van der Waals surface area contributed by atoms with Crippen molar-refractivity contribution < 1.29 is 14.2 Å². The largest absolute Gasteiger partial charge is 0.381 e. The van der Waals surface area contributed by atoms with Gasteiger partial charge in [0.15, 0.2) is 6.29 Å². The van der Waals surface area contributed by atoms with E-state index >= 15 is 0 Å². The highest BCUT2D eigenvalue weighted by Gasteiger charge is 2.16.